The number of fused-ring (bicyclic) bond motifs is 1. The van der Waals surface area contributed by atoms with Gasteiger partial charge in [-0.25, -0.2) is 17.2 Å². The van der Waals surface area contributed by atoms with Crippen molar-refractivity contribution in [3.63, 3.8) is 0 Å². The molecule has 0 atom stereocenters. The lowest BCUT2D eigenvalue weighted by atomic mass is 10.1. The van der Waals surface area contributed by atoms with Gasteiger partial charge in [0.15, 0.2) is 4.91 Å². The predicted octanol–water partition coefficient (Wildman–Crippen LogP) is 3.66. The molecule has 0 bridgehead atoms. The monoisotopic (exact) mass is 404 g/mol. The van der Waals surface area contributed by atoms with Crippen molar-refractivity contribution in [1.29, 1.82) is 0 Å². The Morgan fingerprint density at radius 3 is 2.43 bits per heavy atom. The van der Waals surface area contributed by atoms with E-state index in [9.17, 15) is 22.0 Å². The molecule has 2 aliphatic rings. The first-order chi connectivity index (χ1) is 13.3. The Kier molecular flexibility index (Phi) is 4.45. The summed E-state index contributed by atoms with van der Waals surface area (Å²) >= 11 is 0. The second-order valence-corrected chi connectivity index (χ2v) is 8.80. The maximum absolute atomic E-state index is 13.9. The average molecular weight is 404 g/mol. The molecule has 0 N–H and O–H groups in total. The van der Waals surface area contributed by atoms with Crippen molar-refractivity contribution in [2.75, 3.05) is 18.0 Å². The van der Waals surface area contributed by atoms with Gasteiger partial charge < -0.3 is 9.80 Å². The van der Waals surface area contributed by atoms with Crippen LogP contribution in [0.4, 0.5) is 20.2 Å². The number of rotatable bonds is 2. The molecular weight excluding hydrogens is 386 g/mol. The first-order valence-corrected chi connectivity index (χ1v) is 10.4. The average Bonchev–Trinajstić information content (AvgIpc) is 3.18. The summed E-state index contributed by atoms with van der Waals surface area (Å²) in [7, 11) is -4.11. The Bertz CT molecular complexity index is 1110. The number of carbonyl (C=O) groups excluding carboxylic acids is 1. The number of benzene rings is 2. The minimum absolute atomic E-state index is 0.0870. The van der Waals surface area contributed by atoms with E-state index in [-0.39, 0.29) is 15.5 Å². The van der Waals surface area contributed by atoms with Crippen molar-refractivity contribution in [2.24, 2.45) is 0 Å². The number of amides is 1. The minimum Gasteiger partial charge on any atom is -0.338 e. The van der Waals surface area contributed by atoms with E-state index in [2.05, 4.69) is 0 Å². The zero-order valence-electron chi connectivity index (χ0n) is 15.2. The fraction of sp³-hybridized carbons (Fsp3) is 0.250. The zero-order valence-corrected chi connectivity index (χ0v) is 16.0. The van der Waals surface area contributed by atoms with Gasteiger partial charge >= 0.3 is 0 Å². The van der Waals surface area contributed by atoms with E-state index in [0.717, 1.165) is 31.0 Å². The van der Waals surface area contributed by atoms with Gasteiger partial charge in [0.05, 0.1) is 10.6 Å². The van der Waals surface area contributed by atoms with Crippen molar-refractivity contribution < 1.29 is 22.0 Å². The molecule has 1 fully saturated rings. The summed E-state index contributed by atoms with van der Waals surface area (Å²) < 4.78 is 53.8. The van der Waals surface area contributed by atoms with Crippen LogP contribution in [0.25, 0.3) is 0 Å². The summed E-state index contributed by atoms with van der Waals surface area (Å²) in [5.41, 5.74) is 0.876. The van der Waals surface area contributed by atoms with Crippen LogP contribution in [0.15, 0.2) is 52.4 Å². The van der Waals surface area contributed by atoms with Crippen LogP contribution in [0, 0.1) is 18.6 Å². The highest BCUT2D eigenvalue weighted by atomic mass is 32.2. The van der Waals surface area contributed by atoms with Crippen LogP contribution in [-0.4, -0.2) is 32.3 Å². The van der Waals surface area contributed by atoms with Crippen LogP contribution in [0.3, 0.4) is 0 Å². The van der Waals surface area contributed by atoms with Gasteiger partial charge in [0.1, 0.15) is 11.6 Å². The number of aryl methyl sites for hydroxylation is 1. The Balaban J connectivity index is 1.91. The first-order valence-electron chi connectivity index (χ1n) is 8.90. The third-order valence-electron chi connectivity index (χ3n) is 5.03. The maximum atomic E-state index is 13.9. The van der Waals surface area contributed by atoms with Crippen LogP contribution in [0.1, 0.15) is 18.4 Å². The molecule has 0 aromatic heterocycles. The molecule has 1 amide bonds. The largest absolute Gasteiger partial charge is 0.338 e. The van der Waals surface area contributed by atoms with Gasteiger partial charge in [-0.05, 0) is 61.7 Å². The first kappa shape index (κ1) is 18.6. The molecule has 2 aliphatic heterocycles. The van der Waals surface area contributed by atoms with Crippen LogP contribution in [-0.2, 0) is 14.6 Å². The fourth-order valence-electron chi connectivity index (χ4n) is 3.52. The number of halogens is 2. The standard InChI is InChI=1S/C20H18F2N2O3S/c1-13-10-15(5-6-16(13)22)24-12-19(20(25)23-8-2-3-9-23)28(26,27)18-7-4-14(21)11-17(18)24/h4-7,10-12H,2-3,8-9H2,1H3. The summed E-state index contributed by atoms with van der Waals surface area (Å²) in [6, 6.07) is 7.54. The molecule has 8 heteroatoms. The molecule has 1 saturated heterocycles. The molecule has 2 aromatic carbocycles. The Hall–Kier alpha value is -2.74. The number of sulfone groups is 1. The Morgan fingerprint density at radius 2 is 1.75 bits per heavy atom. The summed E-state index contributed by atoms with van der Waals surface area (Å²) in [5.74, 6) is -1.60. The molecule has 2 aromatic rings. The molecular formula is C20H18F2N2O3S. The van der Waals surface area contributed by atoms with Crippen LogP contribution in [0.2, 0.25) is 0 Å². The molecule has 0 aliphatic carbocycles. The number of likely N-dealkylation sites (tertiary alicyclic amines) is 1. The van der Waals surface area contributed by atoms with Gasteiger partial charge in [0.2, 0.25) is 9.84 Å². The van der Waals surface area contributed by atoms with Crippen molar-refractivity contribution >= 4 is 27.1 Å². The van der Waals surface area contributed by atoms with E-state index >= 15 is 0 Å². The quantitative estimate of drug-likeness (QED) is 0.717. The molecule has 4 rings (SSSR count). The van der Waals surface area contributed by atoms with Crippen molar-refractivity contribution in [2.45, 2.75) is 24.7 Å². The van der Waals surface area contributed by atoms with Crippen LogP contribution in [0.5, 0.6) is 0 Å². The molecule has 0 radical (unpaired) electrons. The van der Waals surface area contributed by atoms with Gasteiger partial charge in [0, 0.05) is 25.0 Å². The highest BCUT2D eigenvalue weighted by Gasteiger charge is 2.38. The third kappa shape index (κ3) is 2.97. The molecule has 0 spiro atoms. The number of anilines is 2. The third-order valence-corrected chi connectivity index (χ3v) is 6.81. The van der Waals surface area contributed by atoms with Crippen molar-refractivity contribution in [3.05, 3.63) is 64.7 Å². The predicted molar refractivity (Wildman–Crippen MR) is 101 cm³/mol. The van der Waals surface area contributed by atoms with Crippen molar-refractivity contribution in [1.82, 2.24) is 4.90 Å². The number of carbonyl (C=O) groups is 1. The van der Waals surface area contributed by atoms with Gasteiger partial charge in [-0.1, -0.05) is 0 Å². The summed E-state index contributed by atoms with van der Waals surface area (Å²) in [6.07, 6.45) is 2.86. The van der Waals surface area contributed by atoms with E-state index in [4.69, 9.17) is 0 Å². The lowest BCUT2D eigenvalue weighted by Gasteiger charge is -2.30. The summed E-state index contributed by atoms with van der Waals surface area (Å²) in [5, 5.41) is 0. The molecule has 146 valence electrons. The fourth-order valence-corrected chi connectivity index (χ4v) is 5.04. The van der Waals surface area contributed by atoms with E-state index < -0.39 is 27.4 Å². The normalized spacial score (nSPS) is 18.0. The number of nitrogens with zero attached hydrogens (tertiary/aromatic N) is 2. The summed E-state index contributed by atoms with van der Waals surface area (Å²) in [6.45, 7) is 2.57. The van der Waals surface area contributed by atoms with Crippen molar-refractivity contribution in [3.8, 4) is 0 Å². The zero-order chi connectivity index (χ0) is 20.1. The molecule has 2 heterocycles. The van der Waals surface area contributed by atoms with Gasteiger partial charge in [-0.3, -0.25) is 4.79 Å². The van der Waals surface area contributed by atoms with Gasteiger partial charge in [0.25, 0.3) is 5.91 Å². The molecule has 28 heavy (non-hydrogen) atoms. The Morgan fingerprint density at radius 1 is 1.04 bits per heavy atom. The van der Waals surface area contributed by atoms with E-state index in [1.54, 1.807) is 6.92 Å². The van der Waals surface area contributed by atoms with Crippen LogP contribution < -0.4 is 4.90 Å². The molecule has 0 unspecified atom stereocenters. The SMILES string of the molecule is Cc1cc(N2C=C(C(=O)N3CCCC3)S(=O)(=O)c3ccc(F)cc32)ccc1F. The minimum atomic E-state index is -4.11. The second-order valence-electron chi connectivity index (χ2n) is 6.91. The van der Waals surface area contributed by atoms with Crippen LogP contribution >= 0.6 is 0 Å². The molecule has 0 saturated carbocycles. The highest BCUT2D eigenvalue weighted by molar-refractivity contribution is 7.96. The molecule has 5 nitrogen and oxygen atoms in total. The summed E-state index contributed by atoms with van der Waals surface area (Å²) in [4.78, 5) is 15.3. The van der Waals surface area contributed by atoms with E-state index in [1.807, 2.05) is 0 Å². The van der Waals surface area contributed by atoms with Gasteiger partial charge in [-0.2, -0.15) is 0 Å². The lowest BCUT2D eigenvalue weighted by Crippen LogP contribution is -2.35. The van der Waals surface area contributed by atoms with Gasteiger partial charge in [-0.15, -0.1) is 0 Å². The number of hydrogen-bond donors (Lipinski definition) is 0. The van der Waals surface area contributed by atoms with E-state index in [1.165, 1.54) is 34.2 Å². The second kappa shape index (κ2) is 6.70. The lowest BCUT2D eigenvalue weighted by molar-refractivity contribution is -0.125. The highest BCUT2D eigenvalue weighted by Crippen LogP contribution is 2.41. The van der Waals surface area contributed by atoms with E-state index in [0.29, 0.717) is 24.3 Å². The maximum Gasteiger partial charge on any atom is 0.267 e. The number of hydrogen-bond acceptors (Lipinski definition) is 4. The topological polar surface area (TPSA) is 57.7 Å². The smallest absolute Gasteiger partial charge is 0.267 e. The Labute approximate surface area is 161 Å².